The number of anilines is 1. The van der Waals surface area contributed by atoms with Crippen molar-refractivity contribution in [2.24, 2.45) is 7.05 Å². The Kier molecular flexibility index (Phi) is 6.81. The maximum Gasteiger partial charge on any atom is 0.229 e. The molecule has 2 rings (SSSR count). The lowest BCUT2D eigenvalue weighted by atomic mass is 10.0. The van der Waals surface area contributed by atoms with Crippen LogP contribution in [-0.2, 0) is 26.1 Å². The Morgan fingerprint density at radius 1 is 1.04 bits per heavy atom. The van der Waals surface area contributed by atoms with Gasteiger partial charge < -0.3 is 4.57 Å². The average Bonchev–Trinajstić information content (AvgIpc) is 2.84. The molecule has 1 aromatic heterocycles. The van der Waals surface area contributed by atoms with Gasteiger partial charge in [-0.1, -0.05) is 0 Å². The van der Waals surface area contributed by atoms with E-state index in [9.17, 15) is 22.1 Å². The molecule has 0 spiro atoms. The van der Waals surface area contributed by atoms with Gasteiger partial charge in [0, 0.05) is 29.0 Å². The number of halogens is 1. The van der Waals surface area contributed by atoms with Crippen molar-refractivity contribution in [2.45, 2.75) is 0 Å². The summed E-state index contributed by atoms with van der Waals surface area (Å²) in [6, 6.07) is 12.2. The number of sulfonamides is 1. The predicted molar refractivity (Wildman–Crippen MR) is 99.4 cm³/mol. The zero-order chi connectivity index (χ0) is 20.1. The Bertz CT molecular complexity index is 1100. The van der Waals surface area contributed by atoms with Crippen LogP contribution in [0.15, 0.2) is 30.3 Å². The van der Waals surface area contributed by atoms with Gasteiger partial charge in [0.05, 0.1) is 29.8 Å². The molecule has 2 aromatic rings. The van der Waals surface area contributed by atoms with Crippen LogP contribution in [0.4, 0.5) is 5.69 Å². The van der Waals surface area contributed by atoms with E-state index in [1.807, 2.05) is 6.07 Å². The van der Waals surface area contributed by atoms with E-state index in [1.165, 1.54) is 6.07 Å². The molecule has 0 saturated heterocycles. The van der Waals surface area contributed by atoms with Crippen LogP contribution in [0.25, 0.3) is 11.3 Å². The molecule has 0 atom stereocenters. The van der Waals surface area contributed by atoms with Crippen LogP contribution in [0, 0.1) is 22.7 Å². The second-order valence-corrected chi connectivity index (χ2v) is 10.00. The normalized spacial score (nSPS) is 10.8. The zero-order valence-corrected chi connectivity index (χ0v) is 16.4. The Hall–Kier alpha value is -2.53. The van der Waals surface area contributed by atoms with E-state index >= 15 is 0 Å². The van der Waals surface area contributed by atoms with E-state index in [0.717, 1.165) is 12.5 Å². The van der Waals surface area contributed by atoms with Gasteiger partial charge in [-0.15, -0.1) is 0 Å². The van der Waals surface area contributed by atoms with Crippen molar-refractivity contribution in [3.63, 3.8) is 0 Å². The van der Waals surface area contributed by atoms with E-state index in [4.69, 9.17) is 5.26 Å². The first-order chi connectivity index (χ1) is 11.9. The summed E-state index contributed by atoms with van der Waals surface area (Å²) in [4.78, 5) is 0. The summed E-state index contributed by atoms with van der Waals surface area (Å²) >= 11 is 0. The molecule has 0 fully saturated rings. The van der Waals surface area contributed by atoms with Crippen LogP contribution in [0.2, 0.25) is 0 Å². The van der Waals surface area contributed by atoms with Gasteiger partial charge >= 0.3 is 0 Å². The molecule has 26 heavy (non-hydrogen) atoms. The van der Waals surface area contributed by atoms with Crippen molar-refractivity contribution in [3.05, 3.63) is 41.6 Å². The molecule has 0 saturated carbocycles. The minimum atomic E-state index is -3.40. The van der Waals surface area contributed by atoms with Gasteiger partial charge in [0.2, 0.25) is 19.1 Å². The molecular formula is C15H15ClN4O4S2. The van der Waals surface area contributed by atoms with E-state index in [-0.39, 0.29) is 0 Å². The first-order valence-corrected chi connectivity index (χ1v) is 11.4. The Morgan fingerprint density at radius 3 is 2.04 bits per heavy atom. The van der Waals surface area contributed by atoms with Crippen LogP contribution >= 0.6 is 10.7 Å². The van der Waals surface area contributed by atoms with E-state index < -0.39 is 19.1 Å². The standard InChI is InChI=1S/C14H12N4O2S.CH3ClO2S/c1-18-12(9-16)4-6-14(18)13-5-3-11(7-10(13)8-15)17-21(2,19)20;1-5(2,3)4/h3-7,17H,1-2H3;1H3. The highest BCUT2D eigenvalue weighted by Crippen LogP contribution is 2.27. The molecule has 1 N–H and O–H groups in total. The van der Waals surface area contributed by atoms with Crippen molar-refractivity contribution >= 4 is 35.4 Å². The van der Waals surface area contributed by atoms with Gasteiger partial charge in [0.15, 0.2) is 0 Å². The summed E-state index contributed by atoms with van der Waals surface area (Å²) in [5.74, 6) is 0. The predicted octanol–water partition coefficient (Wildman–Crippen LogP) is 1.99. The number of aromatic nitrogens is 1. The summed E-state index contributed by atoms with van der Waals surface area (Å²) in [6.07, 6.45) is 1.97. The molecule has 0 unspecified atom stereocenters. The summed E-state index contributed by atoms with van der Waals surface area (Å²) in [6.45, 7) is 0. The highest BCUT2D eigenvalue weighted by molar-refractivity contribution is 8.13. The number of rotatable bonds is 3. The van der Waals surface area contributed by atoms with Gasteiger partial charge in [-0.25, -0.2) is 16.8 Å². The van der Waals surface area contributed by atoms with Crippen LogP contribution < -0.4 is 4.72 Å². The number of benzene rings is 1. The van der Waals surface area contributed by atoms with E-state index in [0.29, 0.717) is 28.2 Å². The first kappa shape index (κ1) is 21.5. The molecule has 1 heterocycles. The molecule has 0 amide bonds. The lowest BCUT2D eigenvalue weighted by Crippen LogP contribution is -2.09. The van der Waals surface area contributed by atoms with Crippen LogP contribution in [-0.4, -0.2) is 33.9 Å². The fourth-order valence-corrected chi connectivity index (χ4v) is 2.59. The molecule has 8 nitrogen and oxygen atoms in total. The number of hydrogen-bond acceptors (Lipinski definition) is 6. The highest BCUT2D eigenvalue weighted by Gasteiger charge is 2.12. The first-order valence-electron chi connectivity index (χ1n) is 6.83. The second-order valence-electron chi connectivity index (χ2n) is 5.20. The fourth-order valence-electron chi connectivity index (χ4n) is 2.03. The topological polar surface area (TPSA) is 133 Å². The third-order valence-electron chi connectivity index (χ3n) is 2.96. The lowest BCUT2D eigenvalue weighted by molar-refractivity contribution is 0.606. The van der Waals surface area contributed by atoms with Crippen LogP contribution in [0.3, 0.4) is 0 Å². The van der Waals surface area contributed by atoms with Gasteiger partial charge in [-0.2, -0.15) is 10.5 Å². The Balaban J connectivity index is 0.000000597. The number of nitrogens with zero attached hydrogens (tertiary/aromatic N) is 3. The third-order valence-corrected chi connectivity index (χ3v) is 3.56. The van der Waals surface area contributed by atoms with Crippen molar-refractivity contribution in [2.75, 3.05) is 17.2 Å². The summed E-state index contributed by atoms with van der Waals surface area (Å²) in [5.41, 5.74) is 2.49. The van der Waals surface area contributed by atoms with Crippen molar-refractivity contribution < 1.29 is 16.8 Å². The largest absolute Gasteiger partial charge is 0.335 e. The molecular weight excluding hydrogens is 400 g/mol. The lowest BCUT2D eigenvalue weighted by Gasteiger charge is -2.09. The van der Waals surface area contributed by atoms with Gasteiger partial charge in [0.1, 0.15) is 11.8 Å². The molecule has 138 valence electrons. The van der Waals surface area contributed by atoms with E-state index in [2.05, 4.69) is 21.5 Å². The molecule has 1 aromatic carbocycles. The number of hydrogen-bond donors (Lipinski definition) is 1. The van der Waals surface area contributed by atoms with Gasteiger partial charge in [-0.05, 0) is 30.3 Å². The molecule has 0 bridgehead atoms. The maximum absolute atomic E-state index is 11.2. The van der Waals surface area contributed by atoms with Crippen LogP contribution in [0.1, 0.15) is 11.3 Å². The van der Waals surface area contributed by atoms with Crippen molar-refractivity contribution in [1.82, 2.24) is 4.57 Å². The van der Waals surface area contributed by atoms with Crippen LogP contribution in [0.5, 0.6) is 0 Å². The summed E-state index contributed by atoms with van der Waals surface area (Å²) in [7, 11) is -0.354. The molecule has 0 radical (unpaired) electrons. The third kappa shape index (κ3) is 6.76. The molecule has 0 aliphatic rings. The molecule has 0 aliphatic carbocycles. The minimum absolute atomic E-state index is 0.326. The van der Waals surface area contributed by atoms with Crippen molar-refractivity contribution in [3.8, 4) is 23.4 Å². The smallest absolute Gasteiger partial charge is 0.229 e. The van der Waals surface area contributed by atoms with Gasteiger partial charge in [0.25, 0.3) is 0 Å². The molecule has 11 heteroatoms. The number of nitriles is 2. The van der Waals surface area contributed by atoms with Gasteiger partial charge in [-0.3, -0.25) is 4.72 Å². The highest BCUT2D eigenvalue weighted by atomic mass is 35.7. The Morgan fingerprint density at radius 2 is 1.62 bits per heavy atom. The zero-order valence-electron chi connectivity index (χ0n) is 14.1. The SMILES string of the molecule is CS(=O)(=O)Cl.Cn1c(C#N)ccc1-c1ccc(NS(C)(=O)=O)cc1C#N. The quantitative estimate of drug-likeness (QED) is 0.763. The monoisotopic (exact) mass is 414 g/mol. The molecule has 0 aliphatic heterocycles. The fraction of sp³-hybridized carbons (Fsp3) is 0.200. The number of nitrogens with one attached hydrogen (secondary N) is 1. The minimum Gasteiger partial charge on any atom is -0.335 e. The summed E-state index contributed by atoms with van der Waals surface area (Å²) in [5, 5.41) is 18.2. The van der Waals surface area contributed by atoms with E-state index in [1.54, 1.807) is 35.9 Å². The Labute approximate surface area is 156 Å². The second kappa shape index (κ2) is 8.23. The maximum atomic E-state index is 11.2. The average molecular weight is 415 g/mol. The van der Waals surface area contributed by atoms with Crippen molar-refractivity contribution in [1.29, 1.82) is 10.5 Å². The summed E-state index contributed by atoms with van der Waals surface area (Å²) < 4.78 is 45.2.